The summed E-state index contributed by atoms with van der Waals surface area (Å²) in [6, 6.07) is 2.00. The minimum atomic E-state index is -1.01. The SMILES string of the molecule is CN(c1cc(Cl)c(Cl)cc1[N+](=O)[O-])C1COCC1C(=O)O. The maximum absolute atomic E-state index is 11.2. The quantitative estimate of drug-likeness (QED) is 0.671. The monoisotopic (exact) mass is 334 g/mol. The summed E-state index contributed by atoms with van der Waals surface area (Å²) in [5.74, 6) is -1.77. The van der Waals surface area contributed by atoms with E-state index in [1.165, 1.54) is 11.0 Å². The van der Waals surface area contributed by atoms with E-state index in [1.54, 1.807) is 7.05 Å². The molecule has 1 N–H and O–H groups in total. The average molecular weight is 335 g/mol. The second-order valence-corrected chi connectivity index (χ2v) is 5.49. The summed E-state index contributed by atoms with van der Waals surface area (Å²) in [6.07, 6.45) is 0. The number of hydrogen-bond acceptors (Lipinski definition) is 5. The molecule has 1 aromatic rings. The second-order valence-electron chi connectivity index (χ2n) is 4.67. The van der Waals surface area contributed by atoms with E-state index in [9.17, 15) is 14.9 Å². The molecule has 0 saturated carbocycles. The first-order chi connectivity index (χ1) is 9.82. The number of likely N-dealkylation sites (N-methyl/N-ethyl adjacent to an activating group) is 1. The lowest BCUT2D eigenvalue weighted by atomic mass is 10.0. The van der Waals surface area contributed by atoms with Crippen LogP contribution in [0.3, 0.4) is 0 Å². The number of ether oxygens (including phenoxy) is 1. The minimum absolute atomic E-state index is 0.0676. The number of carbonyl (C=O) groups is 1. The van der Waals surface area contributed by atoms with Crippen LogP contribution in [0.4, 0.5) is 11.4 Å². The lowest BCUT2D eigenvalue weighted by Crippen LogP contribution is -2.41. The Morgan fingerprint density at radius 3 is 2.62 bits per heavy atom. The predicted molar refractivity (Wildman–Crippen MR) is 77.3 cm³/mol. The number of carboxylic acid groups (broad SMARTS) is 1. The van der Waals surface area contributed by atoms with Crippen LogP contribution in [0.2, 0.25) is 10.0 Å². The molecule has 0 spiro atoms. The van der Waals surface area contributed by atoms with E-state index >= 15 is 0 Å². The largest absolute Gasteiger partial charge is 0.481 e. The van der Waals surface area contributed by atoms with Crippen LogP contribution in [0.15, 0.2) is 12.1 Å². The minimum Gasteiger partial charge on any atom is -0.481 e. The number of nitro groups is 1. The van der Waals surface area contributed by atoms with Gasteiger partial charge in [0.1, 0.15) is 11.6 Å². The van der Waals surface area contributed by atoms with Gasteiger partial charge in [0.25, 0.3) is 5.69 Å². The lowest BCUT2D eigenvalue weighted by molar-refractivity contribution is -0.384. The van der Waals surface area contributed by atoms with Crippen LogP contribution < -0.4 is 4.90 Å². The Morgan fingerprint density at radius 2 is 2.05 bits per heavy atom. The molecule has 114 valence electrons. The molecule has 1 fully saturated rings. The Bertz CT molecular complexity index is 595. The second kappa shape index (κ2) is 6.05. The molecule has 2 unspecified atom stereocenters. The molecule has 2 atom stereocenters. The van der Waals surface area contributed by atoms with Crippen LogP contribution in [-0.2, 0) is 9.53 Å². The number of nitrogens with zero attached hydrogens (tertiary/aromatic N) is 2. The predicted octanol–water partition coefficient (Wildman–Crippen LogP) is 2.44. The van der Waals surface area contributed by atoms with E-state index in [-0.39, 0.29) is 34.6 Å². The molecular formula is C12H12Cl2N2O5. The molecule has 0 amide bonds. The molecule has 0 bridgehead atoms. The van der Waals surface area contributed by atoms with Crippen LogP contribution in [0, 0.1) is 16.0 Å². The summed E-state index contributed by atoms with van der Waals surface area (Å²) >= 11 is 11.7. The fraction of sp³-hybridized carbons (Fsp3) is 0.417. The van der Waals surface area contributed by atoms with Crippen molar-refractivity contribution in [1.29, 1.82) is 0 Å². The topological polar surface area (TPSA) is 92.9 Å². The Labute approximate surface area is 130 Å². The number of benzene rings is 1. The molecule has 1 heterocycles. The molecule has 1 aromatic carbocycles. The van der Waals surface area contributed by atoms with Crippen molar-refractivity contribution in [2.24, 2.45) is 5.92 Å². The van der Waals surface area contributed by atoms with E-state index in [0.29, 0.717) is 0 Å². The van der Waals surface area contributed by atoms with Gasteiger partial charge in [-0.1, -0.05) is 23.2 Å². The summed E-state index contributed by atoms with van der Waals surface area (Å²) in [4.78, 5) is 23.3. The maximum Gasteiger partial charge on any atom is 0.311 e. The lowest BCUT2D eigenvalue weighted by Gasteiger charge is -2.28. The molecule has 1 saturated heterocycles. The van der Waals surface area contributed by atoms with Crippen molar-refractivity contribution < 1.29 is 19.6 Å². The Kier molecular flexibility index (Phi) is 4.55. The highest BCUT2D eigenvalue weighted by Crippen LogP contribution is 2.38. The van der Waals surface area contributed by atoms with Gasteiger partial charge in [0.2, 0.25) is 0 Å². The van der Waals surface area contributed by atoms with Gasteiger partial charge in [-0.3, -0.25) is 14.9 Å². The number of halogens is 2. The molecule has 0 radical (unpaired) electrons. The standard InChI is InChI=1S/C12H12Cl2N2O5/c1-15(11-5-21-4-6(11)12(17)18)9-2-7(13)8(14)3-10(9)16(19)20/h2-3,6,11H,4-5H2,1H3,(H,17,18). The highest BCUT2D eigenvalue weighted by atomic mass is 35.5. The number of carboxylic acids is 1. The van der Waals surface area contributed by atoms with E-state index in [4.69, 9.17) is 33.0 Å². The highest BCUT2D eigenvalue weighted by Gasteiger charge is 2.38. The van der Waals surface area contributed by atoms with E-state index in [2.05, 4.69) is 0 Å². The smallest absolute Gasteiger partial charge is 0.311 e. The number of nitro benzene ring substituents is 1. The maximum atomic E-state index is 11.2. The van der Waals surface area contributed by atoms with Crippen molar-refractivity contribution in [3.05, 3.63) is 32.3 Å². The molecular weight excluding hydrogens is 323 g/mol. The molecule has 7 nitrogen and oxygen atoms in total. The van der Waals surface area contributed by atoms with Gasteiger partial charge in [-0.15, -0.1) is 0 Å². The average Bonchev–Trinajstić information content (AvgIpc) is 2.89. The van der Waals surface area contributed by atoms with Crippen molar-refractivity contribution in [3.63, 3.8) is 0 Å². The number of rotatable bonds is 4. The zero-order chi connectivity index (χ0) is 15.7. The fourth-order valence-electron chi connectivity index (χ4n) is 2.29. The zero-order valence-corrected chi connectivity index (χ0v) is 12.5. The van der Waals surface area contributed by atoms with Crippen molar-refractivity contribution >= 4 is 40.5 Å². The molecule has 1 aliphatic heterocycles. The molecule has 1 aliphatic rings. The van der Waals surface area contributed by atoms with Gasteiger partial charge in [-0.2, -0.15) is 0 Å². The Balaban J connectivity index is 2.43. The van der Waals surface area contributed by atoms with E-state index in [0.717, 1.165) is 6.07 Å². The van der Waals surface area contributed by atoms with Gasteiger partial charge in [0.05, 0.1) is 34.2 Å². The van der Waals surface area contributed by atoms with Gasteiger partial charge in [0, 0.05) is 13.1 Å². The molecule has 21 heavy (non-hydrogen) atoms. The third kappa shape index (κ3) is 3.04. The molecule has 0 aromatic heterocycles. The molecule has 0 aliphatic carbocycles. The van der Waals surface area contributed by atoms with Crippen LogP contribution in [0.5, 0.6) is 0 Å². The van der Waals surface area contributed by atoms with Gasteiger partial charge in [-0.25, -0.2) is 0 Å². The first kappa shape index (κ1) is 15.8. The van der Waals surface area contributed by atoms with Crippen molar-refractivity contribution in [1.82, 2.24) is 0 Å². The third-order valence-corrected chi connectivity index (χ3v) is 4.18. The van der Waals surface area contributed by atoms with Gasteiger partial charge >= 0.3 is 5.97 Å². The molecule has 2 rings (SSSR count). The van der Waals surface area contributed by atoms with Crippen LogP contribution in [-0.4, -0.2) is 42.3 Å². The van der Waals surface area contributed by atoms with E-state index in [1.807, 2.05) is 0 Å². The third-order valence-electron chi connectivity index (χ3n) is 3.46. The summed E-state index contributed by atoms with van der Waals surface area (Å²) < 4.78 is 5.18. The molecule has 9 heteroatoms. The van der Waals surface area contributed by atoms with Crippen molar-refractivity contribution in [3.8, 4) is 0 Å². The summed E-state index contributed by atoms with van der Waals surface area (Å²) in [7, 11) is 1.57. The van der Waals surface area contributed by atoms with Gasteiger partial charge in [0.15, 0.2) is 0 Å². The summed E-state index contributed by atoms with van der Waals surface area (Å²) in [6.45, 7) is 0.240. The fourth-order valence-corrected chi connectivity index (χ4v) is 2.61. The number of aliphatic carboxylic acids is 1. The highest BCUT2D eigenvalue weighted by molar-refractivity contribution is 6.42. The van der Waals surface area contributed by atoms with Crippen molar-refractivity contribution in [2.75, 3.05) is 25.2 Å². The van der Waals surface area contributed by atoms with Crippen molar-refractivity contribution in [2.45, 2.75) is 6.04 Å². The first-order valence-electron chi connectivity index (χ1n) is 5.99. The van der Waals surface area contributed by atoms with Crippen LogP contribution >= 0.6 is 23.2 Å². The Morgan fingerprint density at radius 1 is 1.43 bits per heavy atom. The van der Waals surface area contributed by atoms with E-state index < -0.39 is 22.9 Å². The zero-order valence-electron chi connectivity index (χ0n) is 11.0. The number of hydrogen-bond donors (Lipinski definition) is 1. The normalized spacial score (nSPS) is 21.3. The summed E-state index contributed by atoms with van der Waals surface area (Å²) in [5, 5.41) is 20.5. The Hall–Kier alpha value is -1.57. The van der Waals surface area contributed by atoms with Crippen LogP contribution in [0.1, 0.15) is 0 Å². The van der Waals surface area contributed by atoms with Crippen LogP contribution in [0.25, 0.3) is 0 Å². The number of anilines is 1. The van der Waals surface area contributed by atoms with Gasteiger partial charge < -0.3 is 14.7 Å². The first-order valence-corrected chi connectivity index (χ1v) is 6.75. The van der Waals surface area contributed by atoms with Gasteiger partial charge in [-0.05, 0) is 6.07 Å². The summed E-state index contributed by atoms with van der Waals surface area (Å²) in [5.41, 5.74) is -0.0286.